The summed E-state index contributed by atoms with van der Waals surface area (Å²) in [5.41, 5.74) is 2.26. The molecule has 5 heteroatoms. The molecular weight excluding hydrogens is 278 g/mol. The number of carbonyl (C=O) groups excluding carboxylic acids is 2. The van der Waals surface area contributed by atoms with Gasteiger partial charge in [0.1, 0.15) is 0 Å². The fourth-order valence-electron chi connectivity index (χ4n) is 2.70. The van der Waals surface area contributed by atoms with E-state index in [2.05, 4.69) is 4.98 Å². The molecule has 0 saturated carbocycles. The highest BCUT2D eigenvalue weighted by Gasteiger charge is 2.36. The maximum Gasteiger partial charge on any atom is 0.261 e. The van der Waals surface area contributed by atoms with Gasteiger partial charge in [-0.1, -0.05) is 26.0 Å². The molecule has 0 saturated heterocycles. The van der Waals surface area contributed by atoms with Crippen molar-refractivity contribution in [1.29, 1.82) is 0 Å². The van der Waals surface area contributed by atoms with Gasteiger partial charge < -0.3 is 4.57 Å². The molecule has 0 radical (unpaired) electrons. The fraction of sp³-hybridized carbons (Fsp3) is 0.471. The second-order valence-corrected chi connectivity index (χ2v) is 5.20. The Labute approximate surface area is 131 Å². The molecule has 0 spiro atoms. The maximum absolute atomic E-state index is 12.2. The van der Waals surface area contributed by atoms with E-state index in [0.717, 1.165) is 25.1 Å². The Hall–Kier alpha value is -2.17. The number of allylic oxidation sites excluding steroid dienone is 1. The summed E-state index contributed by atoms with van der Waals surface area (Å²) in [5, 5.41) is 0. The monoisotopic (exact) mass is 301 g/mol. The minimum atomic E-state index is -0.136. The summed E-state index contributed by atoms with van der Waals surface area (Å²) in [6, 6.07) is 0. The number of hydrogen-bond acceptors (Lipinski definition) is 3. The van der Waals surface area contributed by atoms with Crippen LogP contribution < -0.4 is 0 Å². The van der Waals surface area contributed by atoms with Gasteiger partial charge in [0.15, 0.2) is 0 Å². The van der Waals surface area contributed by atoms with E-state index >= 15 is 0 Å². The molecule has 118 valence electrons. The summed E-state index contributed by atoms with van der Waals surface area (Å²) in [7, 11) is 0. The molecule has 1 aliphatic heterocycles. The van der Waals surface area contributed by atoms with Gasteiger partial charge in [-0.15, -0.1) is 0 Å². The fourth-order valence-corrected chi connectivity index (χ4v) is 2.70. The molecule has 0 N–H and O–H groups in total. The van der Waals surface area contributed by atoms with Gasteiger partial charge >= 0.3 is 0 Å². The zero-order valence-electron chi connectivity index (χ0n) is 13.5. The Kier molecular flexibility index (Phi) is 5.31. The van der Waals surface area contributed by atoms with E-state index in [4.69, 9.17) is 0 Å². The van der Waals surface area contributed by atoms with Crippen LogP contribution in [0.1, 0.15) is 38.8 Å². The van der Waals surface area contributed by atoms with Crippen LogP contribution in [0.4, 0.5) is 0 Å². The number of imidazole rings is 1. The van der Waals surface area contributed by atoms with Crippen molar-refractivity contribution in [3.63, 3.8) is 0 Å². The molecule has 2 amide bonds. The highest BCUT2D eigenvalue weighted by atomic mass is 16.2. The van der Waals surface area contributed by atoms with E-state index in [1.54, 1.807) is 12.4 Å². The van der Waals surface area contributed by atoms with Gasteiger partial charge in [-0.05, 0) is 26.2 Å². The average Bonchev–Trinajstić information content (AvgIpc) is 3.07. The van der Waals surface area contributed by atoms with Crippen LogP contribution in [0.5, 0.6) is 0 Å². The summed E-state index contributed by atoms with van der Waals surface area (Å²) in [5.74, 6) is -0.237. The summed E-state index contributed by atoms with van der Waals surface area (Å²) in [4.78, 5) is 29.9. The lowest BCUT2D eigenvalue weighted by Crippen LogP contribution is -2.33. The Morgan fingerprint density at radius 3 is 2.59 bits per heavy atom. The normalized spacial score (nSPS) is 16.8. The third kappa shape index (κ3) is 3.18. The molecule has 0 atom stereocenters. The van der Waals surface area contributed by atoms with Gasteiger partial charge in [0.05, 0.1) is 12.0 Å². The number of rotatable bonds is 4. The topological polar surface area (TPSA) is 55.2 Å². The third-order valence-electron chi connectivity index (χ3n) is 3.71. The lowest BCUT2D eigenvalue weighted by molar-refractivity contribution is -0.137. The first-order valence-corrected chi connectivity index (χ1v) is 7.91. The molecule has 3 rings (SSSR count). The van der Waals surface area contributed by atoms with Crippen LogP contribution in [0.2, 0.25) is 0 Å². The first kappa shape index (κ1) is 16.2. The number of nitrogens with zero attached hydrogens (tertiary/aromatic N) is 3. The van der Waals surface area contributed by atoms with Gasteiger partial charge in [0, 0.05) is 30.4 Å². The van der Waals surface area contributed by atoms with Crippen LogP contribution in [-0.4, -0.2) is 32.8 Å². The van der Waals surface area contributed by atoms with Crippen LogP contribution in [0, 0.1) is 6.92 Å². The predicted octanol–water partition coefficient (Wildman–Crippen LogP) is 2.62. The molecular formula is C17H23N3O2. The Bertz CT molecular complexity index is 626. The minimum absolute atomic E-state index is 0.101. The third-order valence-corrected chi connectivity index (χ3v) is 3.71. The lowest BCUT2D eigenvalue weighted by Gasteiger charge is -2.14. The molecule has 22 heavy (non-hydrogen) atoms. The maximum atomic E-state index is 12.2. The van der Waals surface area contributed by atoms with Gasteiger partial charge in [0.25, 0.3) is 11.8 Å². The van der Waals surface area contributed by atoms with Crippen LogP contribution in [0.3, 0.4) is 0 Å². The van der Waals surface area contributed by atoms with Gasteiger partial charge in [-0.2, -0.15) is 0 Å². The average molecular weight is 301 g/mol. The summed E-state index contributed by atoms with van der Waals surface area (Å²) < 4.78 is 1.98. The molecule has 0 bridgehead atoms. The number of aryl methyl sites for hydroxylation is 2. The number of carbonyl (C=O) groups is 2. The molecule has 0 aromatic carbocycles. The largest absolute Gasteiger partial charge is 0.337 e. The molecule has 5 nitrogen and oxygen atoms in total. The molecule has 1 aliphatic carbocycles. The zero-order valence-corrected chi connectivity index (χ0v) is 13.5. The highest BCUT2D eigenvalue weighted by molar-refractivity contribution is 6.20. The van der Waals surface area contributed by atoms with Crippen molar-refractivity contribution in [3.05, 3.63) is 41.5 Å². The minimum Gasteiger partial charge on any atom is -0.337 e. The standard InChI is InChI=1S/C15H17N3O2.C2H6/c1-11-9-17(10-16-11)7-4-8-18-14(19)12-5-2-3-6-13(12)15(18)20;1-2/h2,5,9-10H,3-4,6-8H2,1H3;1-2H3. The van der Waals surface area contributed by atoms with Crippen molar-refractivity contribution >= 4 is 11.8 Å². The van der Waals surface area contributed by atoms with E-state index in [-0.39, 0.29) is 11.8 Å². The molecule has 0 fully saturated rings. The quantitative estimate of drug-likeness (QED) is 0.803. The molecule has 1 aromatic rings. The smallest absolute Gasteiger partial charge is 0.261 e. The van der Waals surface area contributed by atoms with Crippen molar-refractivity contribution in [2.45, 2.75) is 46.6 Å². The van der Waals surface area contributed by atoms with E-state index in [0.29, 0.717) is 24.1 Å². The highest BCUT2D eigenvalue weighted by Crippen LogP contribution is 2.28. The van der Waals surface area contributed by atoms with Crippen molar-refractivity contribution in [3.8, 4) is 0 Å². The second kappa shape index (κ2) is 7.20. The van der Waals surface area contributed by atoms with Crippen LogP contribution >= 0.6 is 0 Å². The first-order chi connectivity index (χ1) is 10.7. The number of hydrogen-bond donors (Lipinski definition) is 0. The van der Waals surface area contributed by atoms with Crippen LogP contribution in [0.15, 0.2) is 35.8 Å². The molecule has 2 heterocycles. The number of aromatic nitrogens is 2. The number of imide groups is 1. The second-order valence-electron chi connectivity index (χ2n) is 5.20. The Morgan fingerprint density at radius 2 is 1.95 bits per heavy atom. The Morgan fingerprint density at radius 1 is 1.18 bits per heavy atom. The zero-order chi connectivity index (χ0) is 16.1. The van der Waals surface area contributed by atoms with E-state index in [1.165, 1.54) is 4.90 Å². The summed E-state index contributed by atoms with van der Waals surface area (Å²) >= 11 is 0. The van der Waals surface area contributed by atoms with Gasteiger partial charge in [-0.25, -0.2) is 4.98 Å². The Balaban J connectivity index is 0.000000847. The van der Waals surface area contributed by atoms with E-state index < -0.39 is 0 Å². The summed E-state index contributed by atoms with van der Waals surface area (Å²) in [6.07, 6.45) is 9.76. The van der Waals surface area contributed by atoms with Crippen molar-refractivity contribution in [2.75, 3.05) is 6.54 Å². The van der Waals surface area contributed by atoms with Crippen molar-refractivity contribution in [2.24, 2.45) is 0 Å². The molecule has 2 aliphatic rings. The van der Waals surface area contributed by atoms with Gasteiger partial charge in [0.2, 0.25) is 0 Å². The van der Waals surface area contributed by atoms with Crippen molar-refractivity contribution < 1.29 is 9.59 Å². The SMILES string of the molecule is CC.Cc1cn(CCCN2C(=O)C3=C(CCC=C3)C2=O)cn1. The number of amides is 2. The molecule has 1 aromatic heterocycles. The predicted molar refractivity (Wildman–Crippen MR) is 85.0 cm³/mol. The van der Waals surface area contributed by atoms with E-state index in [9.17, 15) is 9.59 Å². The first-order valence-electron chi connectivity index (χ1n) is 7.91. The summed E-state index contributed by atoms with van der Waals surface area (Å²) in [6.45, 7) is 7.17. The van der Waals surface area contributed by atoms with Gasteiger partial charge in [-0.3, -0.25) is 14.5 Å². The molecule has 0 unspecified atom stereocenters. The van der Waals surface area contributed by atoms with E-state index in [1.807, 2.05) is 37.6 Å². The van der Waals surface area contributed by atoms with Crippen LogP contribution in [0.25, 0.3) is 0 Å². The lowest BCUT2D eigenvalue weighted by atomic mass is 10.00. The van der Waals surface area contributed by atoms with Crippen molar-refractivity contribution in [1.82, 2.24) is 14.5 Å². The van der Waals surface area contributed by atoms with Crippen LogP contribution in [-0.2, 0) is 16.1 Å².